The number of hydrogen-bond acceptors (Lipinski definition) is 4. The third-order valence-corrected chi connectivity index (χ3v) is 6.35. The molecule has 0 spiro atoms. The number of thioether (sulfide) groups is 1. The van der Waals surface area contributed by atoms with Gasteiger partial charge in [0.1, 0.15) is 0 Å². The van der Waals surface area contributed by atoms with Crippen LogP contribution in [0.4, 0.5) is 0 Å². The van der Waals surface area contributed by atoms with Crippen molar-refractivity contribution in [3.8, 4) is 0 Å². The third kappa shape index (κ3) is 7.92. The lowest BCUT2D eigenvalue weighted by atomic mass is 10.2. The van der Waals surface area contributed by atoms with Crippen LogP contribution in [-0.4, -0.2) is 43.7 Å². The smallest absolute Gasteiger partial charge is 0.235 e. The molecular formula is C19H23ClN2O3S2. The first-order valence-electron chi connectivity index (χ1n) is 8.43. The van der Waals surface area contributed by atoms with Gasteiger partial charge in [-0.3, -0.25) is 4.79 Å². The number of amides is 1. The molecule has 0 aliphatic carbocycles. The highest BCUT2D eigenvalue weighted by atomic mass is 35.5. The summed E-state index contributed by atoms with van der Waals surface area (Å²) >= 11 is 7.77. The van der Waals surface area contributed by atoms with Crippen LogP contribution in [0, 0.1) is 0 Å². The first-order chi connectivity index (χ1) is 12.9. The second-order valence-corrected chi connectivity index (χ2v) is 9.51. The van der Waals surface area contributed by atoms with Crippen LogP contribution in [0.3, 0.4) is 0 Å². The number of carbonyl (C=O) groups excluding carboxylic acids is 1. The van der Waals surface area contributed by atoms with Gasteiger partial charge in [0.2, 0.25) is 15.9 Å². The molecule has 0 unspecified atom stereocenters. The Morgan fingerprint density at radius 1 is 1.11 bits per heavy atom. The van der Waals surface area contributed by atoms with Crippen LogP contribution < -0.4 is 5.32 Å². The van der Waals surface area contributed by atoms with E-state index in [0.29, 0.717) is 12.3 Å². The zero-order valence-corrected chi connectivity index (χ0v) is 17.5. The summed E-state index contributed by atoms with van der Waals surface area (Å²) in [5.41, 5.74) is 1.90. The number of nitrogens with zero attached hydrogens (tertiary/aromatic N) is 1. The lowest BCUT2D eigenvalue weighted by Crippen LogP contribution is -2.40. The van der Waals surface area contributed by atoms with Gasteiger partial charge in [-0.15, -0.1) is 0 Å². The Balaban J connectivity index is 1.76. The number of sulfonamides is 1. The van der Waals surface area contributed by atoms with Gasteiger partial charge in [-0.1, -0.05) is 60.1 Å². The van der Waals surface area contributed by atoms with E-state index < -0.39 is 10.0 Å². The average Bonchev–Trinajstić information content (AvgIpc) is 2.62. The van der Waals surface area contributed by atoms with Crippen LogP contribution in [0.5, 0.6) is 0 Å². The Morgan fingerprint density at radius 3 is 2.44 bits per heavy atom. The predicted molar refractivity (Wildman–Crippen MR) is 112 cm³/mol. The highest BCUT2D eigenvalue weighted by molar-refractivity contribution is 7.98. The van der Waals surface area contributed by atoms with Crippen LogP contribution in [0.1, 0.15) is 11.1 Å². The summed E-state index contributed by atoms with van der Waals surface area (Å²) in [4.78, 5) is 12.1. The molecule has 0 aliphatic rings. The molecule has 5 nitrogen and oxygen atoms in total. The average molecular weight is 427 g/mol. The van der Waals surface area contributed by atoms with Gasteiger partial charge in [0.25, 0.3) is 0 Å². The number of carbonyl (C=O) groups is 1. The van der Waals surface area contributed by atoms with E-state index in [4.69, 9.17) is 11.6 Å². The minimum atomic E-state index is -3.48. The molecule has 0 radical (unpaired) electrons. The molecule has 2 rings (SSSR count). The van der Waals surface area contributed by atoms with Gasteiger partial charge >= 0.3 is 0 Å². The van der Waals surface area contributed by atoms with E-state index >= 15 is 0 Å². The van der Waals surface area contributed by atoms with Crippen molar-refractivity contribution in [2.75, 3.05) is 25.1 Å². The SMILES string of the molecule is CS(=O)(=O)N(CC(=O)NCCSCc1ccccc1Cl)Cc1ccccc1. The minimum Gasteiger partial charge on any atom is -0.354 e. The van der Waals surface area contributed by atoms with Gasteiger partial charge in [0.15, 0.2) is 0 Å². The third-order valence-electron chi connectivity index (χ3n) is 3.77. The van der Waals surface area contributed by atoms with E-state index in [1.54, 1.807) is 11.8 Å². The molecule has 0 atom stereocenters. The van der Waals surface area contributed by atoms with E-state index in [-0.39, 0.29) is 19.0 Å². The van der Waals surface area contributed by atoms with Crippen LogP contribution in [0.15, 0.2) is 54.6 Å². The van der Waals surface area contributed by atoms with E-state index in [2.05, 4.69) is 5.32 Å². The van der Waals surface area contributed by atoms with Crippen molar-refractivity contribution in [3.63, 3.8) is 0 Å². The first kappa shape index (κ1) is 21.8. The van der Waals surface area contributed by atoms with Crippen LogP contribution in [-0.2, 0) is 27.1 Å². The van der Waals surface area contributed by atoms with Crippen LogP contribution >= 0.6 is 23.4 Å². The molecule has 1 amide bonds. The van der Waals surface area contributed by atoms with E-state index in [1.165, 1.54) is 4.31 Å². The number of benzene rings is 2. The molecule has 0 heterocycles. The zero-order chi connectivity index (χ0) is 19.7. The first-order valence-corrected chi connectivity index (χ1v) is 11.8. The van der Waals surface area contributed by atoms with Crippen molar-refractivity contribution in [2.45, 2.75) is 12.3 Å². The molecule has 0 saturated heterocycles. The van der Waals surface area contributed by atoms with E-state index in [9.17, 15) is 13.2 Å². The van der Waals surface area contributed by atoms with Crippen LogP contribution in [0.2, 0.25) is 5.02 Å². The van der Waals surface area contributed by atoms with Gasteiger partial charge in [-0.05, 0) is 17.2 Å². The molecule has 27 heavy (non-hydrogen) atoms. The molecule has 2 aromatic rings. The highest BCUT2D eigenvalue weighted by Gasteiger charge is 2.20. The molecule has 8 heteroatoms. The maximum absolute atomic E-state index is 12.1. The normalized spacial score (nSPS) is 11.5. The number of hydrogen-bond donors (Lipinski definition) is 1. The molecule has 0 aromatic heterocycles. The summed E-state index contributed by atoms with van der Waals surface area (Å²) in [5.74, 6) is 1.17. The van der Waals surface area contributed by atoms with Gasteiger partial charge in [0.05, 0.1) is 12.8 Å². The van der Waals surface area contributed by atoms with Gasteiger partial charge < -0.3 is 5.32 Å². The summed E-state index contributed by atoms with van der Waals surface area (Å²) in [6.07, 6.45) is 1.11. The van der Waals surface area contributed by atoms with Crippen molar-refractivity contribution in [1.29, 1.82) is 0 Å². The summed E-state index contributed by atoms with van der Waals surface area (Å²) in [7, 11) is -3.48. The van der Waals surface area contributed by atoms with Crippen molar-refractivity contribution in [2.24, 2.45) is 0 Å². The molecule has 0 fully saturated rings. The standard InChI is InChI=1S/C19H23ClN2O3S2/c1-27(24,25)22(13-16-7-3-2-4-8-16)14-19(23)21-11-12-26-15-17-9-5-6-10-18(17)20/h2-10H,11-15H2,1H3,(H,21,23). The van der Waals surface area contributed by atoms with Crippen molar-refractivity contribution < 1.29 is 13.2 Å². The van der Waals surface area contributed by atoms with Crippen molar-refractivity contribution >= 4 is 39.3 Å². The van der Waals surface area contributed by atoms with Gasteiger partial charge in [0, 0.05) is 29.6 Å². The molecule has 1 N–H and O–H groups in total. The van der Waals surface area contributed by atoms with Gasteiger partial charge in [-0.25, -0.2) is 8.42 Å². The Bertz CT molecular complexity index is 845. The fourth-order valence-corrected chi connectivity index (χ4v) is 4.23. The molecular weight excluding hydrogens is 404 g/mol. The molecule has 0 bridgehead atoms. The lowest BCUT2D eigenvalue weighted by Gasteiger charge is -2.19. The maximum Gasteiger partial charge on any atom is 0.235 e. The number of rotatable bonds is 10. The fourth-order valence-electron chi connectivity index (χ4n) is 2.35. The quantitative estimate of drug-likeness (QED) is 0.592. The lowest BCUT2D eigenvalue weighted by molar-refractivity contribution is -0.121. The van der Waals surface area contributed by atoms with Crippen molar-refractivity contribution in [3.05, 3.63) is 70.7 Å². The summed E-state index contributed by atoms with van der Waals surface area (Å²) < 4.78 is 25.1. The molecule has 0 saturated carbocycles. The van der Waals surface area contributed by atoms with Crippen LogP contribution in [0.25, 0.3) is 0 Å². The summed E-state index contributed by atoms with van der Waals surface area (Å²) in [5, 5.41) is 3.51. The highest BCUT2D eigenvalue weighted by Crippen LogP contribution is 2.20. The topological polar surface area (TPSA) is 66.5 Å². The van der Waals surface area contributed by atoms with Crippen molar-refractivity contribution in [1.82, 2.24) is 9.62 Å². The fraction of sp³-hybridized carbons (Fsp3) is 0.316. The monoisotopic (exact) mass is 426 g/mol. The van der Waals surface area contributed by atoms with E-state index in [0.717, 1.165) is 28.2 Å². The maximum atomic E-state index is 12.1. The Kier molecular flexibility index (Phi) is 8.63. The Hall–Kier alpha value is -1.54. The predicted octanol–water partition coefficient (Wildman–Crippen LogP) is 3.15. The molecule has 146 valence electrons. The minimum absolute atomic E-state index is 0.175. The molecule has 0 aliphatic heterocycles. The van der Waals surface area contributed by atoms with E-state index in [1.807, 2.05) is 54.6 Å². The number of halogens is 1. The second-order valence-electron chi connectivity index (χ2n) is 6.01. The Labute approximate surface area is 170 Å². The Morgan fingerprint density at radius 2 is 1.78 bits per heavy atom. The zero-order valence-electron chi connectivity index (χ0n) is 15.1. The molecule has 2 aromatic carbocycles. The summed E-state index contributed by atoms with van der Waals surface area (Å²) in [6, 6.07) is 16.9. The largest absolute Gasteiger partial charge is 0.354 e. The number of nitrogens with one attached hydrogen (secondary N) is 1. The van der Waals surface area contributed by atoms with Gasteiger partial charge in [-0.2, -0.15) is 16.1 Å². The summed E-state index contributed by atoms with van der Waals surface area (Å²) in [6.45, 7) is 0.453. The second kappa shape index (κ2) is 10.7.